The largest absolute Gasteiger partial charge is 0.342 e. The summed E-state index contributed by atoms with van der Waals surface area (Å²) in [4.78, 5) is 35.8. The third-order valence-corrected chi connectivity index (χ3v) is 5.14. The average molecular weight is 401 g/mol. The second-order valence-corrected chi connectivity index (χ2v) is 7.27. The standard InChI is InChI=1S/C23H23N5O2/c1-17-2-4-18(5-3-17)21-10-11-24-23(26-21)25-20-8-6-19(7-9-20)22(30)28-14-12-27(16-29)13-15-28/h2-11,16H,12-15H2,1H3,(H,24,25,26). The van der Waals surface area contributed by atoms with Gasteiger partial charge in [-0.05, 0) is 37.3 Å². The molecule has 0 aliphatic carbocycles. The molecule has 0 atom stereocenters. The minimum Gasteiger partial charge on any atom is -0.342 e. The maximum atomic E-state index is 12.7. The van der Waals surface area contributed by atoms with E-state index in [0.29, 0.717) is 37.7 Å². The van der Waals surface area contributed by atoms with Gasteiger partial charge >= 0.3 is 0 Å². The highest BCUT2D eigenvalue weighted by molar-refractivity contribution is 5.94. The van der Waals surface area contributed by atoms with E-state index in [2.05, 4.69) is 34.3 Å². The first kappa shape index (κ1) is 19.6. The summed E-state index contributed by atoms with van der Waals surface area (Å²) in [5.41, 5.74) is 4.50. The fraction of sp³-hybridized carbons (Fsp3) is 0.217. The normalized spacial score (nSPS) is 13.8. The number of piperazine rings is 1. The summed E-state index contributed by atoms with van der Waals surface area (Å²) in [7, 11) is 0. The van der Waals surface area contributed by atoms with Crippen LogP contribution >= 0.6 is 0 Å². The van der Waals surface area contributed by atoms with Gasteiger partial charge in [0, 0.05) is 49.2 Å². The lowest BCUT2D eigenvalue weighted by atomic mass is 10.1. The number of hydrogen-bond acceptors (Lipinski definition) is 5. The molecule has 0 saturated carbocycles. The molecule has 1 fully saturated rings. The minimum absolute atomic E-state index is 0.0234. The number of nitrogens with zero attached hydrogens (tertiary/aromatic N) is 4. The van der Waals surface area contributed by atoms with Crippen LogP contribution in [0.4, 0.5) is 11.6 Å². The topological polar surface area (TPSA) is 78.4 Å². The van der Waals surface area contributed by atoms with E-state index in [1.54, 1.807) is 28.1 Å². The van der Waals surface area contributed by atoms with Gasteiger partial charge in [0.25, 0.3) is 5.91 Å². The van der Waals surface area contributed by atoms with Gasteiger partial charge in [-0.15, -0.1) is 0 Å². The summed E-state index contributed by atoms with van der Waals surface area (Å²) >= 11 is 0. The maximum absolute atomic E-state index is 12.7. The summed E-state index contributed by atoms with van der Waals surface area (Å²) in [5.74, 6) is 0.474. The molecule has 2 amide bonds. The predicted octanol–water partition coefficient (Wildman–Crippen LogP) is 3.11. The Hall–Kier alpha value is -3.74. The number of amides is 2. The molecule has 2 aromatic carbocycles. The van der Waals surface area contributed by atoms with Crippen LogP contribution in [0.3, 0.4) is 0 Å². The molecule has 1 N–H and O–H groups in total. The Labute approximate surface area is 175 Å². The van der Waals surface area contributed by atoms with E-state index in [0.717, 1.165) is 23.4 Å². The molecule has 7 heteroatoms. The number of carbonyl (C=O) groups excluding carboxylic acids is 2. The molecule has 1 aliphatic heterocycles. The van der Waals surface area contributed by atoms with Crippen LogP contribution in [0.25, 0.3) is 11.3 Å². The lowest BCUT2D eigenvalue weighted by Gasteiger charge is -2.32. The second-order valence-electron chi connectivity index (χ2n) is 7.27. The summed E-state index contributed by atoms with van der Waals surface area (Å²) in [6.07, 6.45) is 2.56. The monoisotopic (exact) mass is 401 g/mol. The second kappa shape index (κ2) is 8.73. The third-order valence-electron chi connectivity index (χ3n) is 5.14. The van der Waals surface area contributed by atoms with Crippen molar-refractivity contribution in [1.29, 1.82) is 0 Å². The highest BCUT2D eigenvalue weighted by atomic mass is 16.2. The molecule has 1 saturated heterocycles. The Bertz CT molecular complexity index is 1030. The van der Waals surface area contributed by atoms with E-state index in [1.807, 2.05) is 30.3 Å². The van der Waals surface area contributed by atoms with Crippen LogP contribution in [-0.2, 0) is 4.79 Å². The highest BCUT2D eigenvalue weighted by Crippen LogP contribution is 2.20. The first-order valence-electron chi connectivity index (χ1n) is 9.88. The number of aryl methyl sites for hydroxylation is 1. The molecule has 0 bridgehead atoms. The molecule has 4 rings (SSSR count). The molecule has 0 radical (unpaired) electrons. The summed E-state index contributed by atoms with van der Waals surface area (Å²) < 4.78 is 0. The van der Waals surface area contributed by atoms with Crippen molar-refractivity contribution in [2.75, 3.05) is 31.5 Å². The smallest absolute Gasteiger partial charge is 0.253 e. The first-order valence-corrected chi connectivity index (χ1v) is 9.88. The quantitative estimate of drug-likeness (QED) is 0.665. The Kier molecular flexibility index (Phi) is 5.70. The van der Waals surface area contributed by atoms with Crippen LogP contribution in [-0.4, -0.2) is 58.3 Å². The molecular formula is C23H23N5O2. The van der Waals surface area contributed by atoms with Crippen LogP contribution in [0.15, 0.2) is 60.8 Å². The number of hydrogen-bond donors (Lipinski definition) is 1. The van der Waals surface area contributed by atoms with Gasteiger partial charge in [-0.25, -0.2) is 9.97 Å². The van der Waals surface area contributed by atoms with Gasteiger partial charge in [0.15, 0.2) is 0 Å². The van der Waals surface area contributed by atoms with Crippen molar-refractivity contribution >= 4 is 24.0 Å². The van der Waals surface area contributed by atoms with E-state index >= 15 is 0 Å². The zero-order valence-corrected chi connectivity index (χ0v) is 16.8. The number of rotatable bonds is 5. The SMILES string of the molecule is Cc1ccc(-c2ccnc(Nc3ccc(C(=O)N4CCN(C=O)CC4)cc3)n2)cc1. The van der Waals surface area contributed by atoms with Crippen LogP contribution in [0, 0.1) is 6.92 Å². The van der Waals surface area contributed by atoms with Crippen molar-refractivity contribution in [3.8, 4) is 11.3 Å². The van der Waals surface area contributed by atoms with Gasteiger partial charge in [0.05, 0.1) is 5.69 Å². The summed E-state index contributed by atoms with van der Waals surface area (Å²) in [6, 6.07) is 17.3. The van der Waals surface area contributed by atoms with Gasteiger partial charge in [0.2, 0.25) is 12.4 Å². The van der Waals surface area contributed by atoms with Crippen LogP contribution in [0.1, 0.15) is 15.9 Å². The number of benzene rings is 2. The molecule has 3 aromatic rings. The average Bonchev–Trinajstić information content (AvgIpc) is 2.80. The zero-order chi connectivity index (χ0) is 20.9. The number of nitrogens with one attached hydrogen (secondary N) is 1. The van der Waals surface area contributed by atoms with E-state index in [9.17, 15) is 9.59 Å². The maximum Gasteiger partial charge on any atom is 0.253 e. The van der Waals surface area contributed by atoms with Crippen molar-refractivity contribution in [1.82, 2.24) is 19.8 Å². The summed E-state index contributed by atoms with van der Waals surface area (Å²) in [5, 5.41) is 3.19. The Morgan fingerprint density at radius 1 is 0.967 bits per heavy atom. The van der Waals surface area contributed by atoms with Gasteiger partial charge in [-0.1, -0.05) is 29.8 Å². The predicted molar refractivity (Wildman–Crippen MR) is 115 cm³/mol. The van der Waals surface area contributed by atoms with Crippen molar-refractivity contribution in [3.05, 3.63) is 71.9 Å². The van der Waals surface area contributed by atoms with Crippen molar-refractivity contribution < 1.29 is 9.59 Å². The molecule has 152 valence electrons. The molecule has 0 spiro atoms. The van der Waals surface area contributed by atoms with Crippen LogP contribution in [0.5, 0.6) is 0 Å². The fourth-order valence-corrected chi connectivity index (χ4v) is 3.34. The molecule has 7 nitrogen and oxygen atoms in total. The fourth-order valence-electron chi connectivity index (χ4n) is 3.34. The van der Waals surface area contributed by atoms with Gasteiger partial charge in [-0.3, -0.25) is 9.59 Å². The van der Waals surface area contributed by atoms with Gasteiger partial charge in [0.1, 0.15) is 0 Å². The minimum atomic E-state index is -0.0234. The van der Waals surface area contributed by atoms with Crippen molar-refractivity contribution in [2.24, 2.45) is 0 Å². The molecular weight excluding hydrogens is 378 g/mol. The van der Waals surface area contributed by atoms with E-state index in [4.69, 9.17) is 0 Å². The highest BCUT2D eigenvalue weighted by Gasteiger charge is 2.21. The zero-order valence-electron chi connectivity index (χ0n) is 16.8. The van der Waals surface area contributed by atoms with Crippen LogP contribution < -0.4 is 5.32 Å². The lowest BCUT2D eigenvalue weighted by Crippen LogP contribution is -2.48. The van der Waals surface area contributed by atoms with E-state index < -0.39 is 0 Å². The van der Waals surface area contributed by atoms with E-state index in [-0.39, 0.29) is 5.91 Å². The first-order chi connectivity index (χ1) is 14.6. The number of aromatic nitrogens is 2. The third kappa shape index (κ3) is 4.46. The van der Waals surface area contributed by atoms with Crippen molar-refractivity contribution in [2.45, 2.75) is 6.92 Å². The number of carbonyl (C=O) groups is 2. The Morgan fingerprint density at radius 2 is 1.67 bits per heavy atom. The number of anilines is 2. The van der Waals surface area contributed by atoms with Crippen molar-refractivity contribution in [3.63, 3.8) is 0 Å². The lowest BCUT2D eigenvalue weighted by molar-refractivity contribution is -0.119. The van der Waals surface area contributed by atoms with Crippen LogP contribution in [0.2, 0.25) is 0 Å². The van der Waals surface area contributed by atoms with E-state index in [1.165, 1.54) is 5.56 Å². The molecule has 1 aliphatic rings. The summed E-state index contributed by atoms with van der Waals surface area (Å²) in [6.45, 7) is 4.30. The molecule has 2 heterocycles. The molecule has 1 aromatic heterocycles. The van der Waals surface area contributed by atoms with Gasteiger partial charge in [-0.2, -0.15) is 0 Å². The molecule has 30 heavy (non-hydrogen) atoms. The Balaban J connectivity index is 1.42. The Morgan fingerprint density at radius 3 is 2.33 bits per heavy atom. The molecule has 0 unspecified atom stereocenters. The van der Waals surface area contributed by atoms with Gasteiger partial charge < -0.3 is 15.1 Å².